The fourth-order valence-corrected chi connectivity index (χ4v) is 17.1. The molecule has 4 aliphatic carbocycles. The van der Waals surface area contributed by atoms with Crippen molar-refractivity contribution in [2.75, 3.05) is 37.6 Å². The summed E-state index contributed by atoms with van der Waals surface area (Å²) < 4.78 is 22.7. The van der Waals surface area contributed by atoms with Crippen molar-refractivity contribution in [2.24, 2.45) is 46.3 Å². The first-order valence-corrected chi connectivity index (χ1v) is 36.4. The highest BCUT2D eigenvalue weighted by Gasteiger charge is 2.59. The Morgan fingerprint density at radius 1 is 0.606 bits per heavy atom. The number of allylic oxidation sites excluding steroid dienone is 1. The zero-order valence-corrected chi connectivity index (χ0v) is 59.0. The number of fused-ring (bicyclic) bond motifs is 5. The first kappa shape index (κ1) is 73.4. The monoisotopic (exact) mass is 1350 g/mol. The molecule has 3 saturated carbocycles. The van der Waals surface area contributed by atoms with E-state index in [0.29, 0.717) is 61.3 Å². The molecule has 6 aromatic rings. The van der Waals surface area contributed by atoms with Crippen molar-refractivity contribution < 1.29 is 48.1 Å². The lowest BCUT2D eigenvalue weighted by Crippen LogP contribution is -2.53. The summed E-state index contributed by atoms with van der Waals surface area (Å²) in [6.45, 7) is 13.9. The van der Waals surface area contributed by atoms with Gasteiger partial charge in [-0.2, -0.15) is 0 Å². The summed E-state index contributed by atoms with van der Waals surface area (Å²) in [5.74, 6) is 4.06. The van der Waals surface area contributed by atoms with Crippen LogP contribution in [0, 0.1) is 46.3 Å². The summed E-state index contributed by atoms with van der Waals surface area (Å²) in [5.41, 5.74) is 8.97. The molecule has 10 atom stereocenters. The lowest BCUT2D eigenvalue weighted by atomic mass is 9.47. The lowest BCUT2D eigenvalue weighted by Gasteiger charge is -2.58. The number of amides is 4. The van der Waals surface area contributed by atoms with Gasteiger partial charge in [0.05, 0.1) is 24.4 Å². The maximum Gasteiger partial charge on any atom is 0.514 e. The van der Waals surface area contributed by atoms with Crippen molar-refractivity contribution in [2.45, 2.75) is 181 Å². The van der Waals surface area contributed by atoms with Crippen LogP contribution in [-0.2, 0) is 47.2 Å². The number of benzene rings is 6. The minimum absolute atomic E-state index is 0.0666. The summed E-state index contributed by atoms with van der Waals surface area (Å²) in [6, 6.07) is 48.7. The van der Waals surface area contributed by atoms with Gasteiger partial charge in [0, 0.05) is 38.1 Å². The normalized spacial score (nSPS) is 21.8. The highest BCUT2D eigenvalue weighted by molar-refractivity contribution is 5.98. The molecule has 0 saturated heterocycles. The lowest BCUT2D eigenvalue weighted by molar-refractivity contribution is -0.131. The van der Waals surface area contributed by atoms with Crippen molar-refractivity contribution in [1.29, 1.82) is 0 Å². The number of nitrogens with one attached hydrogen (secondary N) is 6. The summed E-state index contributed by atoms with van der Waals surface area (Å²) in [6.07, 6.45) is 17.9. The maximum absolute atomic E-state index is 14.7. The molecular weight excluding hydrogens is 1240 g/mol. The minimum Gasteiger partial charge on any atom is -0.497 e. The fourth-order valence-electron chi connectivity index (χ4n) is 17.1. The molecule has 0 spiro atoms. The minimum atomic E-state index is -1.08. The Labute approximate surface area is 586 Å². The van der Waals surface area contributed by atoms with E-state index in [4.69, 9.17) is 24.2 Å². The Bertz CT molecular complexity index is 3550. The molecule has 16 heteroatoms. The van der Waals surface area contributed by atoms with E-state index in [0.717, 1.165) is 76.4 Å². The predicted octanol–water partition coefficient (Wildman–Crippen LogP) is 15.8. The molecule has 10 unspecified atom stereocenters. The van der Waals surface area contributed by atoms with Gasteiger partial charge in [-0.1, -0.05) is 181 Å². The van der Waals surface area contributed by atoms with Gasteiger partial charge in [-0.25, -0.2) is 4.79 Å². The van der Waals surface area contributed by atoms with Gasteiger partial charge in [0.15, 0.2) is 0 Å². The van der Waals surface area contributed by atoms with Crippen molar-refractivity contribution >= 4 is 41.2 Å². The average Bonchev–Trinajstić information content (AvgIpc) is 1.69. The number of anilines is 2. The first-order chi connectivity index (χ1) is 48.0. The van der Waals surface area contributed by atoms with E-state index >= 15 is 0 Å². The molecule has 0 aromatic heterocycles. The van der Waals surface area contributed by atoms with Crippen molar-refractivity contribution in [3.8, 4) is 11.5 Å². The van der Waals surface area contributed by atoms with Crippen LogP contribution in [-0.4, -0.2) is 80.0 Å². The standard InChI is InChI=1S/C83H106N6O10/c1-57(2)20-18-21-58(3)71-43-44-72-70-42-33-64-55-69(47-49-81(64,4)73(70)48-50-82(71,72)5)97-53-19-51-84-76(90)45-46-77(91)87-75(54-59-22-10-7-11-23-59)79(93)88-74(78(92)86-65-34-29-60(30-35-65)56-98-80(94)99-68-40-36-66(89-95)37-41-68)28-16-17-52-85-83(61-24-12-8-13-25-61,62-26-14-9-15-27-62)63-31-38-67(96-6)39-32-63/h7-15,22-27,29-41,57-58,69-75,85,89,95H,16-21,28,42-56H2,1-6H3,(H,84,90)(H,86,92)(H,87,91)(H,88,93). The van der Waals surface area contributed by atoms with Gasteiger partial charge in [-0.3, -0.25) is 35.2 Å². The number of ether oxygens (including phenoxy) is 4. The van der Waals surface area contributed by atoms with E-state index < -0.39 is 41.5 Å². The molecule has 4 aliphatic rings. The van der Waals surface area contributed by atoms with Crippen molar-refractivity contribution in [3.63, 3.8) is 0 Å². The smallest absolute Gasteiger partial charge is 0.497 e. The number of carbonyl (C=O) groups excluding carboxylic acids is 5. The fraction of sp³-hybridized carbons (Fsp3) is 0.482. The van der Waals surface area contributed by atoms with Gasteiger partial charge in [0.1, 0.15) is 30.2 Å². The van der Waals surface area contributed by atoms with Crippen molar-refractivity contribution in [1.82, 2.24) is 21.3 Å². The molecule has 528 valence electrons. The number of carbonyl (C=O) groups is 5. The third kappa shape index (κ3) is 19.0. The maximum atomic E-state index is 14.7. The molecule has 10 rings (SSSR count). The number of rotatable bonds is 34. The van der Waals surface area contributed by atoms with Crippen LogP contribution < -0.4 is 41.5 Å². The van der Waals surface area contributed by atoms with E-state index in [1.54, 1.807) is 36.9 Å². The first-order valence-electron chi connectivity index (χ1n) is 36.4. The van der Waals surface area contributed by atoms with Gasteiger partial charge in [0.2, 0.25) is 23.6 Å². The van der Waals surface area contributed by atoms with Crippen LogP contribution >= 0.6 is 0 Å². The molecule has 0 bridgehead atoms. The number of methoxy groups -OCH3 is 1. The Balaban J connectivity index is 0.734. The second-order valence-corrected chi connectivity index (χ2v) is 29.2. The third-order valence-electron chi connectivity index (χ3n) is 22.4. The molecule has 3 fully saturated rings. The van der Waals surface area contributed by atoms with Gasteiger partial charge >= 0.3 is 6.16 Å². The number of hydrogen-bond donors (Lipinski definition) is 7. The Hall–Kier alpha value is -8.31. The molecule has 7 N–H and O–H groups in total. The second-order valence-electron chi connectivity index (χ2n) is 29.2. The zero-order chi connectivity index (χ0) is 69.8. The molecule has 4 amide bonds. The topological polar surface area (TPSA) is 215 Å². The van der Waals surface area contributed by atoms with Crippen LogP contribution in [0.2, 0.25) is 0 Å². The third-order valence-corrected chi connectivity index (χ3v) is 22.4. The van der Waals surface area contributed by atoms with E-state index in [2.05, 4.69) is 104 Å². The number of unbranched alkanes of at least 4 members (excludes halogenated alkanes) is 1. The number of hydrogen-bond acceptors (Lipinski definition) is 12. The van der Waals surface area contributed by atoms with Gasteiger partial charge in [-0.15, -0.1) is 0 Å². The quantitative estimate of drug-likeness (QED) is 0.00502. The van der Waals surface area contributed by atoms with Crippen LogP contribution in [0.25, 0.3) is 0 Å². The molecule has 0 heterocycles. The summed E-state index contributed by atoms with van der Waals surface area (Å²) in [5, 5.41) is 24.9. The van der Waals surface area contributed by atoms with E-state index in [1.165, 1.54) is 82.1 Å². The largest absolute Gasteiger partial charge is 0.514 e. The van der Waals surface area contributed by atoms with Crippen LogP contribution in [0.5, 0.6) is 11.5 Å². The van der Waals surface area contributed by atoms with Gasteiger partial charge in [0.25, 0.3) is 0 Å². The molecule has 0 radical (unpaired) electrons. The van der Waals surface area contributed by atoms with Crippen LogP contribution in [0.3, 0.4) is 0 Å². The van der Waals surface area contributed by atoms with Crippen LogP contribution in [0.4, 0.5) is 16.2 Å². The summed E-state index contributed by atoms with van der Waals surface area (Å²) >= 11 is 0. The Morgan fingerprint density at radius 3 is 1.94 bits per heavy atom. The Morgan fingerprint density at radius 2 is 1.26 bits per heavy atom. The molecule has 99 heavy (non-hydrogen) atoms. The Kier molecular flexibility index (Phi) is 26.1. The van der Waals surface area contributed by atoms with Gasteiger partial charge in [-0.05, 0) is 206 Å². The van der Waals surface area contributed by atoms with Crippen LogP contribution in [0.1, 0.15) is 172 Å². The van der Waals surface area contributed by atoms with E-state index in [-0.39, 0.29) is 55.5 Å². The summed E-state index contributed by atoms with van der Waals surface area (Å²) in [7, 11) is 1.65. The second kappa shape index (κ2) is 35.1. The highest BCUT2D eigenvalue weighted by Crippen LogP contribution is 2.67. The van der Waals surface area contributed by atoms with E-state index in [1.807, 2.05) is 84.3 Å². The van der Waals surface area contributed by atoms with Crippen LogP contribution in [0.15, 0.2) is 175 Å². The SMILES string of the molecule is COc1ccc(C(NCCCCC(NC(=O)C(Cc2ccccc2)NC(=O)CCC(=O)NCCCOC2CCC3(C)C(=CCC4C3CCC3(C)C(C(C)CCCC(C)C)CCC43)C2)C(=O)Nc2ccc(COC(=O)Oc3ccc(NO)cc3)cc2)(c2ccccc2)c2ccccc2)cc1. The van der Waals surface area contributed by atoms with Crippen molar-refractivity contribution in [3.05, 3.63) is 203 Å². The van der Waals surface area contributed by atoms with E-state index in [9.17, 15) is 24.0 Å². The summed E-state index contributed by atoms with van der Waals surface area (Å²) in [4.78, 5) is 69.0. The molecule has 0 aliphatic heterocycles. The molecule has 16 nitrogen and oxygen atoms in total. The zero-order valence-electron chi connectivity index (χ0n) is 59.0. The average molecular weight is 1350 g/mol. The molecule has 6 aromatic carbocycles. The van der Waals surface area contributed by atoms with Gasteiger partial charge < -0.3 is 40.2 Å². The molecular formula is C83H106N6O10. The highest BCUT2D eigenvalue weighted by atomic mass is 16.7. The predicted molar refractivity (Wildman–Crippen MR) is 389 cm³/mol.